The van der Waals surface area contributed by atoms with Crippen LogP contribution in [0.5, 0.6) is 5.75 Å². The average Bonchev–Trinajstić information content (AvgIpc) is 2.85. The molecule has 0 heterocycles. The summed E-state index contributed by atoms with van der Waals surface area (Å²) in [6.45, 7) is 6.20. The minimum atomic E-state index is -0.502. The van der Waals surface area contributed by atoms with E-state index in [1.54, 1.807) is 6.92 Å². The largest absolute Gasteiger partial charge is 0.495 e. The van der Waals surface area contributed by atoms with Gasteiger partial charge in [-0.15, -0.1) is 0 Å². The molecule has 2 rings (SSSR count). The zero-order valence-corrected chi connectivity index (χ0v) is 14.6. The first-order valence-electron chi connectivity index (χ1n) is 8.14. The van der Waals surface area contributed by atoms with Crippen LogP contribution in [0, 0.1) is 15.5 Å². The van der Waals surface area contributed by atoms with Crippen molar-refractivity contribution in [3.63, 3.8) is 0 Å². The molecule has 0 saturated heterocycles. The Morgan fingerprint density at radius 2 is 2.17 bits per heavy atom. The molecule has 0 radical (unpaired) electrons. The molecule has 132 valence electrons. The number of nitro benzene ring substituents is 1. The summed E-state index contributed by atoms with van der Waals surface area (Å²) in [5, 5.41) is 17.0. The molecule has 1 aromatic rings. The lowest BCUT2D eigenvalue weighted by atomic mass is 9.87. The molecule has 2 atom stereocenters. The Labute approximate surface area is 141 Å². The smallest absolute Gasteiger partial charge is 0.271 e. The van der Waals surface area contributed by atoms with Crippen LogP contribution in [0.15, 0.2) is 18.2 Å². The Kier molecular flexibility index (Phi) is 5.43. The van der Waals surface area contributed by atoms with Crippen LogP contribution >= 0.6 is 0 Å². The number of rotatable bonds is 6. The average molecular weight is 335 g/mol. The van der Waals surface area contributed by atoms with Crippen molar-refractivity contribution in [2.24, 2.45) is 5.41 Å². The third kappa shape index (κ3) is 4.03. The number of non-ortho nitro benzene ring substituents is 1. The van der Waals surface area contributed by atoms with Gasteiger partial charge in [0.25, 0.3) is 5.69 Å². The molecule has 7 nitrogen and oxygen atoms in total. The second-order valence-corrected chi connectivity index (χ2v) is 6.95. The number of nitrogens with one attached hydrogen (secondary N) is 2. The number of hydrogen-bond acceptors (Lipinski definition) is 5. The predicted molar refractivity (Wildman–Crippen MR) is 92.3 cm³/mol. The van der Waals surface area contributed by atoms with Crippen LogP contribution in [0.25, 0.3) is 0 Å². The number of nitrogens with zero attached hydrogens (tertiary/aromatic N) is 1. The third-order valence-corrected chi connectivity index (χ3v) is 4.75. The minimum Gasteiger partial charge on any atom is -0.495 e. The van der Waals surface area contributed by atoms with Gasteiger partial charge in [-0.25, -0.2) is 0 Å². The Bertz CT molecular complexity index is 630. The van der Waals surface area contributed by atoms with Crippen molar-refractivity contribution in [1.29, 1.82) is 0 Å². The molecule has 0 unspecified atom stereocenters. The van der Waals surface area contributed by atoms with Gasteiger partial charge < -0.3 is 15.4 Å². The Morgan fingerprint density at radius 1 is 1.46 bits per heavy atom. The first-order valence-corrected chi connectivity index (χ1v) is 8.14. The van der Waals surface area contributed by atoms with Crippen LogP contribution in [0.1, 0.15) is 40.0 Å². The molecule has 1 aliphatic carbocycles. The second kappa shape index (κ2) is 7.17. The molecule has 0 aromatic heterocycles. The Morgan fingerprint density at radius 3 is 2.71 bits per heavy atom. The molecule has 1 saturated carbocycles. The summed E-state index contributed by atoms with van der Waals surface area (Å²) in [5.74, 6) is 0.152. The first-order chi connectivity index (χ1) is 11.2. The lowest BCUT2D eigenvalue weighted by Crippen LogP contribution is -2.47. The van der Waals surface area contributed by atoms with Gasteiger partial charge in [0, 0.05) is 18.2 Å². The molecular weight excluding hydrogens is 310 g/mol. The highest BCUT2D eigenvalue weighted by atomic mass is 16.6. The predicted octanol–water partition coefficient (Wildman–Crippen LogP) is 3.10. The van der Waals surface area contributed by atoms with Gasteiger partial charge in [-0.1, -0.05) is 20.3 Å². The van der Waals surface area contributed by atoms with E-state index >= 15 is 0 Å². The quantitative estimate of drug-likeness (QED) is 0.615. The molecular formula is C17H25N3O4. The van der Waals surface area contributed by atoms with Gasteiger partial charge in [-0.05, 0) is 31.2 Å². The van der Waals surface area contributed by atoms with E-state index < -0.39 is 11.0 Å². The van der Waals surface area contributed by atoms with Crippen molar-refractivity contribution in [1.82, 2.24) is 5.32 Å². The third-order valence-electron chi connectivity index (χ3n) is 4.75. The van der Waals surface area contributed by atoms with E-state index in [1.165, 1.54) is 25.3 Å². The zero-order chi connectivity index (χ0) is 17.9. The first kappa shape index (κ1) is 18.2. The van der Waals surface area contributed by atoms with E-state index in [1.807, 2.05) is 0 Å². The zero-order valence-electron chi connectivity index (χ0n) is 14.6. The summed E-state index contributed by atoms with van der Waals surface area (Å²) in [6.07, 6.45) is 3.33. The molecule has 0 aliphatic heterocycles. The van der Waals surface area contributed by atoms with Gasteiger partial charge in [-0.2, -0.15) is 0 Å². The SMILES string of the molecule is COc1ccc([N+](=O)[O-])cc1NC(=O)[C@@H](C)N[C@H]1CCCC1(C)C. The second-order valence-electron chi connectivity index (χ2n) is 6.95. The lowest BCUT2D eigenvalue weighted by Gasteiger charge is -2.30. The van der Waals surface area contributed by atoms with Crippen molar-refractivity contribution in [2.75, 3.05) is 12.4 Å². The minimum absolute atomic E-state index is 0.0939. The fourth-order valence-electron chi connectivity index (χ4n) is 3.16. The fraction of sp³-hybridized carbons (Fsp3) is 0.588. The molecule has 24 heavy (non-hydrogen) atoms. The number of amides is 1. The maximum absolute atomic E-state index is 12.5. The van der Waals surface area contributed by atoms with Crippen LogP contribution in [0.4, 0.5) is 11.4 Å². The summed E-state index contributed by atoms with van der Waals surface area (Å²) in [6, 6.07) is 4.01. The highest BCUT2D eigenvalue weighted by Crippen LogP contribution is 2.37. The molecule has 7 heteroatoms. The number of ether oxygens (including phenoxy) is 1. The Hall–Kier alpha value is -2.15. The van der Waals surface area contributed by atoms with E-state index in [0.717, 1.165) is 19.3 Å². The molecule has 1 aromatic carbocycles. The van der Waals surface area contributed by atoms with E-state index in [0.29, 0.717) is 11.4 Å². The number of nitro groups is 1. The highest BCUT2D eigenvalue weighted by Gasteiger charge is 2.35. The van der Waals surface area contributed by atoms with Gasteiger partial charge in [0.2, 0.25) is 5.91 Å². The number of benzene rings is 1. The van der Waals surface area contributed by atoms with Crippen LogP contribution in [-0.4, -0.2) is 30.0 Å². The molecule has 0 bridgehead atoms. The molecule has 1 amide bonds. The van der Waals surface area contributed by atoms with E-state index in [-0.39, 0.29) is 23.1 Å². The van der Waals surface area contributed by atoms with Gasteiger partial charge in [0.15, 0.2) is 0 Å². The van der Waals surface area contributed by atoms with E-state index in [9.17, 15) is 14.9 Å². The number of carbonyl (C=O) groups excluding carboxylic acids is 1. The van der Waals surface area contributed by atoms with Crippen molar-refractivity contribution in [3.8, 4) is 5.75 Å². The molecule has 1 fully saturated rings. The van der Waals surface area contributed by atoms with Gasteiger partial charge in [0.05, 0.1) is 23.8 Å². The number of hydrogen-bond donors (Lipinski definition) is 2. The van der Waals surface area contributed by atoms with Gasteiger partial charge in [-0.3, -0.25) is 14.9 Å². The maximum Gasteiger partial charge on any atom is 0.271 e. The normalized spacial score (nSPS) is 20.4. The molecule has 1 aliphatic rings. The number of carbonyl (C=O) groups is 1. The van der Waals surface area contributed by atoms with Crippen LogP contribution in [0.3, 0.4) is 0 Å². The lowest BCUT2D eigenvalue weighted by molar-refractivity contribution is -0.384. The summed E-state index contributed by atoms with van der Waals surface area (Å²) in [7, 11) is 1.46. The highest BCUT2D eigenvalue weighted by molar-refractivity contribution is 5.96. The number of anilines is 1. The van der Waals surface area contributed by atoms with Crippen LogP contribution < -0.4 is 15.4 Å². The van der Waals surface area contributed by atoms with Gasteiger partial charge in [0.1, 0.15) is 5.75 Å². The molecule has 2 N–H and O–H groups in total. The summed E-state index contributed by atoms with van der Waals surface area (Å²) >= 11 is 0. The monoisotopic (exact) mass is 335 g/mol. The van der Waals surface area contributed by atoms with Crippen molar-refractivity contribution in [3.05, 3.63) is 28.3 Å². The van der Waals surface area contributed by atoms with Crippen molar-refractivity contribution in [2.45, 2.75) is 52.1 Å². The van der Waals surface area contributed by atoms with Crippen LogP contribution in [0.2, 0.25) is 0 Å². The standard InChI is InChI=1S/C17H25N3O4/c1-11(18-15-6-5-9-17(15,2)3)16(21)19-13-10-12(20(22)23)7-8-14(13)24-4/h7-8,10-11,15,18H,5-6,9H2,1-4H3,(H,19,21)/t11-,15+/m1/s1. The molecule has 0 spiro atoms. The number of methoxy groups -OCH3 is 1. The topological polar surface area (TPSA) is 93.5 Å². The fourth-order valence-corrected chi connectivity index (χ4v) is 3.16. The maximum atomic E-state index is 12.5. The van der Waals surface area contributed by atoms with Gasteiger partial charge >= 0.3 is 0 Å². The summed E-state index contributed by atoms with van der Waals surface area (Å²) < 4.78 is 5.17. The Balaban J connectivity index is 2.08. The van der Waals surface area contributed by atoms with Crippen molar-refractivity contribution >= 4 is 17.3 Å². The van der Waals surface area contributed by atoms with E-state index in [4.69, 9.17) is 4.74 Å². The van der Waals surface area contributed by atoms with Crippen molar-refractivity contribution < 1.29 is 14.5 Å². The van der Waals surface area contributed by atoms with Crippen LogP contribution in [-0.2, 0) is 4.79 Å². The summed E-state index contributed by atoms with van der Waals surface area (Å²) in [5.41, 5.74) is 0.372. The summed E-state index contributed by atoms with van der Waals surface area (Å²) in [4.78, 5) is 22.9. The van der Waals surface area contributed by atoms with E-state index in [2.05, 4.69) is 24.5 Å².